The van der Waals surface area contributed by atoms with Crippen LogP contribution in [0.2, 0.25) is 0 Å². The van der Waals surface area contributed by atoms with Crippen molar-refractivity contribution in [3.8, 4) is 0 Å². The van der Waals surface area contributed by atoms with Crippen LogP contribution in [-0.4, -0.2) is 22.8 Å². The van der Waals surface area contributed by atoms with Crippen LogP contribution in [0.1, 0.15) is 0 Å². The van der Waals surface area contributed by atoms with Gasteiger partial charge in [0, 0.05) is 0 Å². The molecule has 0 saturated heterocycles. The Labute approximate surface area is 35.2 Å². The van der Waals surface area contributed by atoms with Gasteiger partial charge < -0.3 is 10.2 Å². The second-order valence-electron chi connectivity index (χ2n) is 0.725. The first-order chi connectivity index (χ1) is 2.77. The largest absolute Gasteiger partial charge is 0.481 e. The Morgan fingerprint density at radius 2 is 2.33 bits per heavy atom. The van der Waals surface area contributed by atoms with E-state index in [9.17, 15) is 4.79 Å². The first kappa shape index (κ1) is 5.43. The van der Waals surface area contributed by atoms with E-state index in [4.69, 9.17) is 10.2 Å². The fraction of sp³-hybridized carbons (Fsp3) is 0.333. The Morgan fingerprint density at radius 3 is 2.33 bits per heavy atom. The molecule has 0 bridgehead atoms. The van der Waals surface area contributed by atoms with Crippen LogP contribution in [0.15, 0.2) is 0 Å². The molecule has 0 fully saturated rings. The molecule has 0 heterocycles. The second kappa shape index (κ2) is 2.66. The lowest BCUT2D eigenvalue weighted by atomic mass is 10.5. The van der Waals surface area contributed by atoms with Crippen LogP contribution in [-0.2, 0) is 4.79 Å². The quantitative estimate of drug-likeness (QED) is 0.468. The van der Waals surface area contributed by atoms with E-state index in [0.29, 0.717) is 0 Å². The Morgan fingerprint density at radius 1 is 1.83 bits per heavy atom. The number of carbonyl (C=O) groups is 1. The normalized spacial score (nSPS) is 8.17. The fourth-order valence-corrected chi connectivity index (χ4v) is 0.0781. The summed E-state index contributed by atoms with van der Waals surface area (Å²) in [6.07, 6.45) is 0.764. The van der Waals surface area contributed by atoms with Gasteiger partial charge in [-0.15, -0.1) is 0 Å². The van der Waals surface area contributed by atoms with Crippen molar-refractivity contribution in [2.24, 2.45) is 0 Å². The van der Waals surface area contributed by atoms with Gasteiger partial charge in [0.1, 0.15) is 0 Å². The smallest absolute Gasteiger partial charge is 0.309 e. The van der Waals surface area contributed by atoms with Gasteiger partial charge in [-0.05, 0) is 0 Å². The molecule has 1 radical (unpaired) electrons. The van der Waals surface area contributed by atoms with Crippen LogP contribution >= 0.6 is 0 Å². The van der Waals surface area contributed by atoms with Crippen LogP contribution in [0.3, 0.4) is 0 Å². The summed E-state index contributed by atoms with van der Waals surface area (Å²) in [5, 5.41) is 15.5. The number of hydrogen-bond acceptors (Lipinski definition) is 2. The highest BCUT2D eigenvalue weighted by molar-refractivity contribution is 5.76. The van der Waals surface area contributed by atoms with E-state index >= 15 is 0 Å². The molecule has 0 aromatic carbocycles. The molecular formula is C3H5O3. The summed E-state index contributed by atoms with van der Waals surface area (Å²) < 4.78 is 0. The van der Waals surface area contributed by atoms with E-state index in [-0.39, 0.29) is 0 Å². The minimum atomic E-state index is -1.09. The van der Waals surface area contributed by atoms with Crippen molar-refractivity contribution >= 4 is 5.97 Å². The molecule has 0 aliphatic rings. The van der Waals surface area contributed by atoms with Crippen LogP contribution in [0, 0.1) is 6.42 Å². The first-order valence-corrected chi connectivity index (χ1v) is 1.44. The number of aliphatic carboxylic acids is 1. The van der Waals surface area contributed by atoms with Crippen LogP contribution < -0.4 is 0 Å². The van der Waals surface area contributed by atoms with Gasteiger partial charge >= 0.3 is 5.97 Å². The second-order valence-corrected chi connectivity index (χ2v) is 0.725. The van der Waals surface area contributed by atoms with Crippen molar-refractivity contribution in [3.05, 3.63) is 6.42 Å². The predicted octanol–water partition coefficient (Wildman–Crippen LogP) is -0.732. The van der Waals surface area contributed by atoms with Crippen molar-refractivity contribution < 1.29 is 15.0 Å². The topological polar surface area (TPSA) is 57.5 Å². The molecule has 0 spiro atoms. The summed E-state index contributed by atoms with van der Waals surface area (Å²) in [6, 6.07) is 0. The van der Waals surface area contributed by atoms with Crippen LogP contribution in [0.4, 0.5) is 0 Å². The van der Waals surface area contributed by atoms with Gasteiger partial charge in [0.25, 0.3) is 0 Å². The summed E-state index contributed by atoms with van der Waals surface area (Å²) in [5.74, 6) is -1.09. The predicted molar refractivity (Wildman–Crippen MR) is 19.0 cm³/mol. The van der Waals surface area contributed by atoms with Gasteiger partial charge in [-0.2, -0.15) is 0 Å². The molecule has 2 N–H and O–H groups in total. The monoisotopic (exact) mass is 89.0 g/mol. The zero-order valence-corrected chi connectivity index (χ0v) is 3.09. The molecule has 0 saturated carbocycles. The molecule has 0 aromatic rings. The SMILES string of the molecule is O=C(O)[CH]CO. The summed E-state index contributed by atoms with van der Waals surface area (Å²) in [4.78, 5) is 9.38. The lowest BCUT2D eigenvalue weighted by molar-refractivity contribution is -0.133. The maximum absolute atomic E-state index is 9.38. The van der Waals surface area contributed by atoms with Gasteiger partial charge in [0.15, 0.2) is 0 Å². The summed E-state index contributed by atoms with van der Waals surface area (Å²) >= 11 is 0. The molecule has 0 aliphatic heterocycles. The number of carboxylic acids is 1. The van der Waals surface area contributed by atoms with Crippen molar-refractivity contribution in [1.82, 2.24) is 0 Å². The lowest BCUT2D eigenvalue weighted by Gasteiger charge is -1.79. The Hall–Kier alpha value is -0.570. The third-order valence-corrected chi connectivity index (χ3v) is 0.266. The van der Waals surface area contributed by atoms with Gasteiger partial charge in [-0.1, -0.05) is 0 Å². The number of aliphatic hydroxyl groups excluding tert-OH is 1. The van der Waals surface area contributed by atoms with E-state index in [1.807, 2.05) is 0 Å². The zero-order valence-electron chi connectivity index (χ0n) is 3.09. The number of rotatable bonds is 2. The molecule has 0 unspecified atom stereocenters. The first-order valence-electron chi connectivity index (χ1n) is 1.44. The Kier molecular flexibility index (Phi) is 2.40. The van der Waals surface area contributed by atoms with Gasteiger partial charge in [-0.25, -0.2) is 0 Å². The van der Waals surface area contributed by atoms with Gasteiger partial charge in [0.2, 0.25) is 0 Å². The van der Waals surface area contributed by atoms with Crippen LogP contribution in [0.25, 0.3) is 0 Å². The molecule has 6 heavy (non-hydrogen) atoms. The summed E-state index contributed by atoms with van der Waals surface area (Å²) in [6.45, 7) is -0.394. The van der Waals surface area contributed by atoms with Gasteiger partial charge in [0.05, 0.1) is 13.0 Å². The highest BCUT2D eigenvalue weighted by Gasteiger charge is 1.89. The molecule has 0 amide bonds. The van der Waals surface area contributed by atoms with E-state index in [1.165, 1.54) is 0 Å². The molecule has 0 aliphatic carbocycles. The average molecular weight is 89.1 g/mol. The lowest BCUT2D eigenvalue weighted by Crippen LogP contribution is -1.97. The molecule has 0 aromatic heterocycles. The number of hydrogen-bond donors (Lipinski definition) is 2. The molecule has 3 nitrogen and oxygen atoms in total. The average Bonchev–Trinajstić information content (AvgIpc) is 1.35. The zero-order chi connectivity index (χ0) is 4.99. The van der Waals surface area contributed by atoms with Crippen molar-refractivity contribution in [2.75, 3.05) is 6.61 Å². The number of carboxylic acid groups (broad SMARTS) is 1. The van der Waals surface area contributed by atoms with E-state index in [1.54, 1.807) is 0 Å². The summed E-state index contributed by atoms with van der Waals surface area (Å²) in [5.41, 5.74) is 0. The molecule has 3 heteroatoms. The van der Waals surface area contributed by atoms with E-state index in [2.05, 4.69) is 0 Å². The maximum atomic E-state index is 9.38. The molecule has 35 valence electrons. The summed E-state index contributed by atoms with van der Waals surface area (Å²) in [7, 11) is 0. The van der Waals surface area contributed by atoms with Crippen molar-refractivity contribution in [1.29, 1.82) is 0 Å². The van der Waals surface area contributed by atoms with Crippen molar-refractivity contribution in [2.45, 2.75) is 0 Å². The Bertz CT molecular complexity index is 50.0. The third-order valence-electron chi connectivity index (χ3n) is 0.266. The third kappa shape index (κ3) is 3.43. The van der Waals surface area contributed by atoms with E-state index < -0.39 is 12.6 Å². The highest BCUT2D eigenvalue weighted by atomic mass is 16.4. The van der Waals surface area contributed by atoms with E-state index in [0.717, 1.165) is 6.42 Å². The number of aliphatic hydroxyl groups is 1. The standard InChI is InChI=1S/C3H5O3/c4-2-1-3(5)6/h1,4H,2H2,(H,5,6). The highest BCUT2D eigenvalue weighted by Crippen LogP contribution is 1.67. The van der Waals surface area contributed by atoms with Crippen molar-refractivity contribution in [3.63, 3.8) is 0 Å². The molecule has 0 atom stereocenters. The van der Waals surface area contributed by atoms with Crippen LogP contribution in [0.5, 0.6) is 0 Å². The minimum absolute atomic E-state index is 0.394. The molecular weight excluding hydrogens is 84.0 g/mol. The van der Waals surface area contributed by atoms with Gasteiger partial charge in [-0.3, -0.25) is 4.79 Å². The molecule has 0 rings (SSSR count). The fourth-order valence-electron chi connectivity index (χ4n) is 0.0781. The Balaban J connectivity index is 2.83. The maximum Gasteiger partial charge on any atom is 0.309 e. The minimum Gasteiger partial charge on any atom is -0.481 e.